The van der Waals surface area contributed by atoms with Gasteiger partial charge in [0.15, 0.2) is 0 Å². The Bertz CT molecular complexity index is 835. The molecule has 0 aromatic carbocycles. The Morgan fingerprint density at radius 1 is 1.17 bits per heavy atom. The highest BCUT2D eigenvalue weighted by Crippen LogP contribution is 2.38. The summed E-state index contributed by atoms with van der Waals surface area (Å²) in [5.74, 6) is 2.17. The Hall–Kier alpha value is -1.32. The first-order valence-corrected chi connectivity index (χ1v) is 12.0. The molecule has 0 radical (unpaired) electrons. The third kappa shape index (κ3) is 5.48. The van der Waals surface area contributed by atoms with Crippen molar-refractivity contribution in [1.82, 2.24) is 14.9 Å². The molecule has 1 unspecified atom stereocenters. The summed E-state index contributed by atoms with van der Waals surface area (Å²) in [6.07, 6.45) is 4.14. The predicted molar refractivity (Wildman–Crippen MR) is 120 cm³/mol. The van der Waals surface area contributed by atoms with Crippen LogP contribution in [0.3, 0.4) is 0 Å². The van der Waals surface area contributed by atoms with E-state index in [2.05, 4.69) is 24.1 Å². The average molecular weight is 435 g/mol. The number of nitrogens with zero attached hydrogens (tertiary/aromatic N) is 3. The van der Waals surface area contributed by atoms with Crippen LogP contribution in [0.15, 0.2) is 0 Å². The maximum Gasteiger partial charge on any atom is 0.146 e. The van der Waals surface area contributed by atoms with Gasteiger partial charge in [0.25, 0.3) is 0 Å². The number of nitrogens with one attached hydrogen (secondary N) is 1. The summed E-state index contributed by atoms with van der Waals surface area (Å²) >= 11 is 1.82. The van der Waals surface area contributed by atoms with Gasteiger partial charge in [-0.3, -0.25) is 4.90 Å². The largest absolute Gasteiger partial charge is 0.389 e. The van der Waals surface area contributed by atoms with Gasteiger partial charge in [0.05, 0.1) is 37.9 Å². The molecule has 2 aromatic heterocycles. The van der Waals surface area contributed by atoms with E-state index in [9.17, 15) is 5.11 Å². The Morgan fingerprint density at radius 3 is 2.77 bits per heavy atom. The molecule has 1 fully saturated rings. The zero-order chi connectivity index (χ0) is 20.9. The van der Waals surface area contributed by atoms with Gasteiger partial charge in [-0.2, -0.15) is 0 Å². The fourth-order valence-electron chi connectivity index (χ4n) is 4.07. The Kier molecular flexibility index (Phi) is 7.54. The monoisotopic (exact) mass is 434 g/mol. The maximum absolute atomic E-state index is 10.4. The molecule has 8 heteroatoms. The molecule has 2 aliphatic rings. The lowest BCUT2D eigenvalue weighted by Crippen LogP contribution is -2.36. The summed E-state index contributed by atoms with van der Waals surface area (Å²) in [6, 6.07) is 0. The van der Waals surface area contributed by atoms with Crippen LogP contribution in [0, 0.1) is 5.92 Å². The fourth-order valence-corrected chi connectivity index (χ4v) is 5.35. The van der Waals surface area contributed by atoms with E-state index in [4.69, 9.17) is 19.4 Å². The van der Waals surface area contributed by atoms with Crippen molar-refractivity contribution in [2.75, 3.05) is 51.4 Å². The van der Waals surface area contributed by atoms with E-state index >= 15 is 0 Å². The van der Waals surface area contributed by atoms with Crippen molar-refractivity contribution in [3.63, 3.8) is 0 Å². The van der Waals surface area contributed by atoms with E-state index in [0.29, 0.717) is 25.7 Å². The standard InChI is InChI=1S/C22H34N4O3S/c1-15(2)13-29-14-16(27)11-23-21-20-17-5-3-4-6-18(17)30-22(20)25-19(24-21)12-26-7-9-28-10-8-26/h15-16,27H,3-14H2,1-2H3,(H,23,24,25). The van der Waals surface area contributed by atoms with Crippen molar-refractivity contribution in [2.24, 2.45) is 5.92 Å². The SMILES string of the molecule is CC(C)COCC(O)CNc1nc(CN2CCOCC2)nc2sc3c(c12)CCCC3. The highest BCUT2D eigenvalue weighted by Gasteiger charge is 2.22. The molecular weight excluding hydrogens is 400 g/mol. The van der Waals surface area contributed by atoms with Gasteiger partial charge in [-0.1, -0.05) is 13.8 Å². The lowest BCUT2D eigenvalue weighted by atomic mass is 9.97. The summed E-state index contributed by atoms with van der Waals surface area (Å²) < 4.78 is 11.1. The van der Waals surface area contributed by atoms with E-state index < -0.39 is 6.10 Å². The molecule has 30 heavy (non-hydrogen) atoms. The molecule has 0 spiro atoms. The second-order valence-corrected chi connectivity index (χ2v) is 9.82. The van der Waals surface area contributed by atoms with Crippen molar-refractivity contribution >= 4 is 27.4 Å². The molecule has 1 aliphatic carbocycles. The maximum atomic E-state index is 10.4. The fraction of sp³-hybridized carbons (Fsp3) is 0.727. The lowest BCUT2D eigenvalue weighted by molar-refractivity contribution is 0.0316. The summed E-state index contributed by atoms with van der Waals surface area (Å²) in [7, 11) is 0. The number of aliphatic hydroxyl groups is 1. The van der Waals surface area contributed by atoms with Crippen molar-refractivity contribution in [3.8, 4) is 0 Å². The van der Waals surface area contributed by atoms with Gasteiger partial charge in [-0.25, -0.2) is 9.97 Å². The highest BCUT2D eigenvalue weighted by molar-refractivity contribution is 7.19. The molecule has 2 N–H and O–H groups in total. The molecule has 1 atom stereocenters. The first kappa shape index (κ1) is 21.9. The molecular formula is C22H34N4O3S. The van der Waals surface area contributed by atoms with Crippen LogP contribution in [-0.4, -0.2) is 72.1 Å². The van der Waals surface area contributed by atoms with E-state index in [1.165, 1.54) is 23.3 Å². The summed E-state index contributed by atoms with van der Waals surface area (Å²) in [5, 5.41) is 14.9. The first-order valence-electron chi connectivity index (χ1n) is 11.2. The van der Waals surface area contributed by atoms with Crippen LogP contribution in [-0.2, 0) is 28.9 Å². The van der Waals surface area contributed by atoms with Crippen LogP contribution in [0.1, 0.15) is 43.0 Å². The predicted octanol–water partition coefficient (Wildman–Crippen LogP) is 2.85. The van der Waals surface area contributed by atoms with Gasteiger partial charge >= 0.3 is 0 Å². The quantitative estimate of drug-likeness (QED) is 0.628. The normalized spacial score (nSPS) is 18.7. The summed E-state index contributed by atoms with van der Waals surface area (Å²) in [6.45, 7) is 9.73. The van der Waals surface area contributed by atoms with Crippen LogP contribution in [0.4, 0.5) is 5.82 Å². The minimum absolute atomic E-state index is 0.335. The molecule has 2 aromatic rings. The first-order chi connectivity index (χ1) is 14.6. The molecule has 7 nitrogen and oxygen atoms in total. The number of aryl methyl sites for hydroxylation is 2. The second-order valence-electron chi connectivity index (χ2n) is 8.73. The Balaban J connectivity index is 1.53. The molecule has 1 saturated heterocycles. The van der Waals surface area contributed by atoms with Crippen LogP contribution in [0.25, 0.3) is 10.2 Å². The zero-order valence-electron chi connectivity index (χ0n) is 18.2. The number of thiophene rings is 1. The molecule has 166 valence electrons. The lowest BCUT2D eigenvalue weighted by Gasteiger charge is -2.26. The average Bonchev–Trinajstić information content (AvgIpc) is 3.11. The highest BCUT2D eigenvalue weighted by atomic mass is 32.1. The summed E-state index contributed by atoms with van der Waals surface area (Å²) in [4.78, 5) is 14.7. The van der Waals surface area contributed by atoms with Crippen molar-refractivity contribution in [3.05, 3.63) is 16.3 Å². The van der Waals surface area contributed by atoms with Crippen LogP contribution >= 0.6 is 11.3 Å². The van der Waals surface area contributed by atoms with Gasteiger partial charge in [0.1, 0.15) is 16.5 Å². The smallest absolute Gasteiger partial charge is 0.146 e. The van der Waals surface area contributed by atoms with Crippen molar-refractivity contribution in [2.45, 2.75) is 52.2 Å². The zero-order valence-corrected chi connectivity index (χ0v) is 19.0. The minimum atomic E-state index is -0.564. The third-order valence-corrected chi connectivity index (χ3v) is 6.78. The van der Waals surface area contributed by atoms with Gasteiger partial charge in [-0.15, -0.1) is 11.3 Å². The number of hydrogen-bond donors (Lipinski definition) is 2. The van der Waals surface area contributed by atoms with Crippen LogP contribution < -0.4 is 5.32 Å². The number of anilines is 1. The van der Waals surface area contributed by atoms with E-state index in [0.717, 1.165) is 67.5 Å². The third-order valence-electron chi connectivity index (χ3n) is 5.60. The number of fused-ring (bicyclic) bond motifs is 3. The minimum Gasteiger partial charge on any atom is -0.389 e. The van der Waals surface area contributed by atoms with Gasteiger partial charge < -0.3 is 19.9 Å². The van der Waals surface area contributed by atoms with Gasteiger partial charge in [0, 0.05) is 31.1 Å². The molecule has 4 rings (SSSR count). The molecule has 0 bridgehead atoms. The van der Waals surface area contributed by atoms with E-state index in [1.54, 1.807) is 0 Å². The van der Waals surface area contributed by atoms with E-state index in [-0.39, 0.29) is 0 Å². The summed E-state index contributed by atoms with van der Waals surface area (Å²) in [5.41, 5.74) is 1.41. The number of aromatic nitrogens is 2. The topological polar surface area (TPSA) is 79.7 Å². The van der Waals surface area contributed by atoms with Crippen LogP contribution in [0.5, 0.6) is 0 Å². The molecule has 0 saturated carbocycles. The molecule has 3 heterocycles. The number of ether oxygens (including phenoxy) is 2. The van der Waals surface area contributed by atoms with E-state index in [1.807, 2.05) is 11.3 Å². The van der Waals surface area contributed by atoms with Gasteiger partial charge in [0.2, 0.25) is 0 Å². The Labute approximate surface area is 182 Å². The molecule has 1 aliphatic heterocycles. The van der Waals surface area contributed by atoms with Crippen LogP contribution in [0.2, 0.25) is 0 Å². The number of hydrogen-bond acceptors (Lipinski definition) is 8. The number of aliphatic hydroxyl groups excluding tert-OH is 1. The van der Waals surface area contributed by atoms with Gasteiger partial charge in [-0.05, 0) is 37.2 Å². The van der Waals surface area contributed by atoms with Crippen molar-refractivity contribution in [1.29, 1.82) is 0 Å². The number of morpholine rings is 1. The molecule has 0 amide bonds. The second kappa shape index (κ2) is 10.3. The Morgan fingerprint density at radius 2 is 1.97 bits per heavy atom. The van der Waals surface area contributed by atoms with Crippen molar-refractivity contribution < 1.29 is 14.6 Å². The number of rotatable bonds is 9.